The van der Waals surface area contributed by atoms with E-state index in [4.69, 9.17) is 27.9 Å². The Morgan fingerprint density at radius 1 is 0.929 bits per heavy atom. The summed E-state index contributed by atoms with van der Waals surface area (Å²) in [5, 5.41) is 3.93. The van der Waals surface area contributed by atoms with Crippen LogP contribution in [0.3, 0.4) is 0 Å². The molecule has 0 aromatic heterocycles. The van der Waals surface area contributed by atoms with Gasteiger partial charge in [0.05, 0.1) is 28.5 Å². The molecule has 3 heterocycles. The fourth-order valence-corrected chi connectivity index (χ4v) is 6.74. The van der Waals surface area contributed by atoms with Crippen molar-refractivity contribution >= 4 is 52.6 Å². The number of amides is 4. The summed E-state index contributed by atoms with van der Waals surface area (Å²) in [6.45, 7) is 8.52. The molecule has 2 unspecified atom stereocenters. The summed E-state index contributed by atoms with van der Waals surface area (Å²) in [5.41, 5.74) is 4.15. The van der Waals surface area contributed by atoms with Crippen LogP contribution in [0.4, 0.5) is 21.0 Å². The Balaban J connectivity index is 1.42. The number of ether oxygens (including phenoxy) is 1. The molecule has 1 N–H and O–H groups in total. The second-order valence-corrected chi connectivity index (χ2v) is 12.8. The Morgan fingerprint density at radius 2 is 1.62 bits per heavy atom. The number of likely N-dealkylation sites (tertiary alicyclic amines) is 2. The summed E-state index contributed by atoms with van der Waals surface area (Å²) in [6.07, 6.45) is 0.342. The lowest BCUT2D eigenvalue weighted by molar-refractivity contribution is 0.0126. The molecule has 2 atom stereocenters. The molecule has 8 nitrogen and oxygen atoms in total. The minimum Gasteiger partial charge on any atom is -0.444 e. The van der Waals surface area contributed by atoms with E-state index in [-0.39, 0.29) is 36.7 Å². The van der Waals surface area contributed by atoms with Crippen LogP contribution >= 0.6 is 23.2 Å². The number of para-hydroxylation sites is 1. The number of benzene rings is 3. The largest absolute Gasteiger partial charge is 0.444 e. The molecule has 3 aliphatic rings. The lowest BCUT2D eigenvalue weighted by Crippen LogP contribution is -2.51. The van der Waals surface area contributed by atoms with E-state index >= 15 is 0 Å². The smallest absolute Gasteiger partial charge is 0.410 e. The van der Waals surface area contributed by atoms with Crippen molar-refractivity contribution < 1.29 is 19.1 Å². The second kappa shape index (κ2) is 10.5. The van der Waals surface area contributed by atoms with E-state index in [1.165, 1.54) is 0 Å². The number of carbonyl (C=O) groups excluding carboxylic acids is 3. The Hall–Kier alpha value is -3.75. The van der Waals surface area contributed by atoms with Gasteiger partial charge in [-0.3, -0.25) is 9.69 Å². The first-order chi connectivity index (χ1) is 19.9. The van der Waals surface area contributed by atoms with Crippen molar-refractivity contribution in [1.29, 1.82) is 0 Å². The molecule has 10 heteroatoms. The number of fused-ring (bicyclic) bond motifs is 3. The summed E-state index contributed by atoms with van der Waals surface area (Å²) >= 11 is 13.3. The number of urea groups is 1. The Morgan fingerprint density at radius 3 is 2.29 bits per heavy atom. The summed E-state index contributed by atoms with van der Waals surface area (Å²) in [4.78, 5) is 45.5. The van der Waals surface area contributed by atoms with Crippen LogP contribution in [0.2, 0.25) is 10.0 Å². The van der Waals surface area contributed by atoms with Gasteiger partial charge < -0.3 is 19.9 Å². The van der Waals surface area contributed by atoms with Crippen LogP contribution < -0.4 is 10.2 Å². The van der Waals surface area contributed by atoms with Crippen LogP contribution in [0, 0.1) is 6.92 Å². The van der Waals surface area contributed by atoms with Crippen molar-refractivity contribution in [2.24, 2.45) is 0 Å². The highest BCUT2D eigenvalue weighted by Crippen LogP contribution is 2.44. The topological polar surface area (TPSA) is 82.2 Å². The molecular formula is C32H32Cl2N4O4. The summed E-state index contributed by atoms with van der Waals surface area (Å²) in [7, 11) is 0. The molecule has 3 aromatic rings. The summed E-state index contributed by atoms with van der Waals surface area (Å²) in [5.74, 6) is -0.163. The lowest BCUT2D eigenvalue weighted by atomic mass is 9.93. The Bertz CT molecular complexity index is 1600. The zero-order valence-electron chi connectivity index (χ0n) is 23.9. The number of aryl methyl sites for hydroxylation is 1. The highest BCUT2D eigenvalue weighted by Gasteiger charge is 2.48. The molecular weight excluding hydrogens is 575 g/mol. The van der Waals surface area contributed by atoms with Crippen LogP contribution in [-0.2, 0) is 11.3 Å². The van der Waals surface area contributed by atoms with E-state index in [0.29, 0.717) is 46.5 Å². The zero-order chi connectivity index (χ0) is 29.9. The van der Waals surface area contributed by atoms with Gasteiger partial charge in [0.25, 0.3) is 5.91 Å². The molecule has 0 saturated carbocycles. The van der Waals surface area contributed by atoms with E-state index < -0.39 is 5.60 Å². The van der Waals surface area contributed by atoms with Gasteiger partial charge in [0.15, 0.2) is 0 Å². The maximum Gasteiger partial charge on any atom is 0.410 e. The number of hydrogen-bond donors (Lipinski definition) is 1. The quantitative estimate of drug-likeness (QED) is 0.343. The summed E-state index contributed by atoms with van der Waals surface area (Å²) in [6, 6.07) is 16.0. The van der Waals surface area contributed by atoms with Gasteiger partial charge >= 0.3 is 12.1 Å². The number of rotatable bonds is 3. The maximum absolute atomic E-state index is 14.2. The number of piperazine rings is 1. The molecule has 0 spiro atoms. The Labute approximate surface area is 255 Å². The normalized spacial score (nSPS) is 19.6. The molecule has 42 heavy (non-hydrogen) atoms. The number of halogens is 2. The third kappa shape index (κ3) is 4.96. The fraction of sp³-hybridized carbons (Fsp3) is 0.344. The van der Waals surface area contributed by atoms with Crippen LogP contribution in [0.25, 0.3) is 11.1 Å². The van der Waals surface area contributed by atoms with Crippen molar-refractivity contribution in [3.05, 3.63) is 81.3 Å². The molecule has 0 radical (unpaired) electrons. The zero-order valence-corrected chi connectivity index (χ0v) is 25.4. The number of nitrogens with zero attached hydrogens (tertiary/aromatic N) is 3. The molecule has 0 aliphatic carbocycles. The molecule has 2 saturated heterocycles. The number of anilines is 2. The van der Waals surface area contributed by atoms with E-state index in [1.807, 2.05) is 69.0 Å². The van der Waals surface area contributed by atoms with Crippen molar-refractivity contribution in [1.82, 2.24) is 15.1 Å². The average Bonchev–Trinajstić information content (AvgIpc) is 3.54. The first kappa shape index (κ1) is 28.4. The lowest BCUT2D eigenvalue weighted by Gasteiger charge is -2.36. The molecule has 3 aromatic carbocycles. The van der Waals surface area contributed by atoms with Gasteiger partial charge in [0, 0.05) is 41.3 Å². The molecule has 2 bridgehead atoms. The van der Waals surface area contributed by atoms with Crippen LogP contribution in [0.5, 0.6) is 0 Å². The molecule has 2 fully saturated rings. The highest BCUT2D eigenvalue weighted by atomic mass is 35.5. The van der Waals surface area contributed by atoms with E-state index in [1.54, 1.807) is 28.0 Å². The van der Waals surface area contributed by atoms with Gasteiger partial charge in [-0.15, -0.1) is 0 Å². The minimum absolute atomic E-state index is 0.109. The third-order valence-electron chi connectivity index (χ3n) is 8.04. The number of hydrogen-bond acceptors (Lipinski definition) is 4. The van der Waals surface area contributed by atoms with Crippen molar-refractivity contribution in [3.63, 3.8) is 0 Å². The fourth-order valence-electron chi connectivity index (χ4n) is 6.19. The van der Waals surface area contributed by atoms with E-state index in [9.17, 15) is 14.4 Å². The van der Waals surface area contributed by atoms with Gasteiger partial charge in [-0.2, -0.15) is 0 Å². The number of carbonyl (C=O) groups is 3. The van der Waals surface area contributed by atoms with Crippen LogP contribution in [0.1, 0.15) is 48.7 Å². The minimum atomic E-state index is -0.592. The Kier molecular flexibility index (Phi) is 7.10. The van der Waals surface area contributed by atoms with Crippen molar-refractivity contribution in [2.45, 2.75) is 58.3 Å². The summed E-state index contributed by atoms with van der Waals surface area (Å²) < 4.78 is 5.59. The van der Waals surface area contributed by atoms with Gasteiger partial charge in [0.1, 0.15) is 5.60 Å². The first-order valence-corrected chi connectivity index (χ1v) is 14.7. The van der Waals surface area contributed by atoms with Gasteiger partial charge in [0.2, 0.25) is 0 Å². The van der Waals surface area contributed by atoms with Gasteiger partial charge in [-0.1, -0.05) is 53.5 Å². The second-order valence-electron chi connectivity index (χ2n) is 12.0. The van der Waals surface area contributed by atoms with Crippen molar-refractivity contribution in [2.75, 3.05) is 18.0 Å². The SMILES string of the molecule is Cc1cccc(Cl)c1N1C(=O)NCc2c(-c3ccccc3Cl)cc(C(=O)N3CC4CC3CN4C(=O)OC(C)(C)C)cc21. The van der Waals surface area contributed by atoms with Gasteiger partial charge in [-0.05, 0) is 69.5 Å². The van der Waals surface area contributed by atoms with Gasteiger partial charge in [-0.25, -0.2) is 9.59 Å². The van der Waals surface area contributed by atoms with Crippen molar-refractivity contribution in [3.8, 4) is 11.1 Å². The highest BCUT2D eigenvalue weighted by molar-refractivity contribution is 6.34. The first-order valence-electron chi connectivity index (χ1n) is 14.0. The number of nitrogens with one attached hydrogen (secondary N) is 1. The third-order valence-corrected chi connectivity index (χ3v) is 8.67. The molecule has 3 aliphatic heterocycles. The predicted octanol–water partition coefficient (Wildman–Crippen LogP) is 7.16. The average molecular weight is 608 g/mol. The molecule has 4 amide bonds. The van der Waals surface area contributed by atoms with Crippen LogP contribution in [0.15, 0.2) is 54.6 Å². The molecule has 6 rings (SSSR count). The van der Waals surface area contributed by atoms with E-state index in [0.717, 1.165) is 22.3 Å². The predicted molar refractivity (Wildman–Crippen MR) is 164 cm³/mol. The standard InChI is InChI=1S/C32H32Cl2N4O4/c1-18-8-7-11-26(34)28(18)38-27-13-19(12-23(24(27)15-35-30(38)40)22-9-5-6-10-25(22)33)29(39)36-16-21-14-20(36)17-37(21)31(41)42-32(2,3)4/h5-13,20-21H,14-17H2,1-4H3,(H,35,40). The maximum atomic E-state index is 14.2. The van der Waals surface area contributed by atoms with Crippen LogP contribution in [-0.4, -0.2) is 58.6 Å². The van der Waals surface area contributed by atoms with E-state index in [2.05, 4.69) is 5.32 Å². The monoisotopic (exact) mass is 606 g/mol. The molecule has 218 valence electrons.